The summed E-state index contributed by atoms with van der Waals surface area (Å²) in [7, 11) is -4.02. The van der Waals surface area contributed by atoms with Gasteiger partial charge in [0.05, 0.1) is 6.61 Å². The standard InChI is InChI=1S/C11H11NO5S2/c1-2-17-12-19(15,16)10-7-5-3-4-6-8(7)18-9(10)11(13)14/h3-6,12H,2H2,1H3,(H,13,14). The molecule has 0 aliphatic heterocycles. The van der Waals surface area contributed by atoms with E-state index in [9.17, 15) is 13.2 Å². The molecule has 0 unspecified atom stereocenters. The Bertz CT molecular complexity index is 720. The van der Waals surface area contributed by atoms with Gasteiger partial charge in [0.2, 0.25) is 0 Å². The van der Waals surface area contributed by atoms with Crippen LogP contribution in [0.2, 0.25) is 0 Å². The van der Waals surface area contributed by atoms with Crippen molar-refractivity contribution in [3.05, 3.63) is 29.1 Å². The fraction of sp³-hybridized carbons (Fsp3) is 0.182. The number of sulfonamides is 1. The van der Waals surface area contributed by atoms with Gasteiger partial charge in [-0.15, -0.1) is 11.3 Å². The van der Waals surface area contributed by atoms with Gasteiger partial charge in [0, 0.05) is 10.1 Å². The van der Waals surface area contributed by atoms with Crippen LogP contribution in [0.1, 0.15) is 16.6 Å². The molecule has 0 fully saturated rings. The summed E-state index contributed by atoms with van der Waals surface area (Å²) in [5, 5.41) is 9.51. The minimum absolute atomic E-state index is 0.143. The Kier molecular flexibility index (Phi) is 3.85. The number of carboxylic acids is 1. The Labute approximate surface area is 113 Å². The number of carbonyl (C=O) groups is 1. The Morgan fingerprint density at radius 2 is 2.11 bits per heavy atom. The normalized spacial score (nSPS) is 11.8. The number of benzene rings is 1. The first-order valence-corrected chi connectivity index (χ1v) is 7.65. The summed E-state index contributed by atoms with van der Waals surface area (Å²) in [4.78, 5) is 17.3. The smallest absolute Gasteiger partial charge is 0.347 e. The van der Waals surface area contributed by atoms with Gasteiger partial charge in [-0.1, -0.05) is 23.1 Å². The van der Waals surface area contributed by atoms with Crippen molar-refractivity contribution in [2.45, 2.75) is 11.8 Å². The van der Waals surface area contributed by atoms with E-state index < -0.39 is 16.0 Å². The molecule has 0 saturated heterocycles. The molecule has 1 heterocycles. The molecule has 0 aliphatic rings. The maximum Gasteiger partial charge on any atom is 0.347 e. The number of thiophene rings is 1. The van der Waals surface area contributed by atoms with Crippen LogP contribution in [0, 0.1) is 0 Å². The lowest BCUT2D eigenvalue weighted by molar-refractivity contribution is 0.0698. The molecule has 0 amide bonds. The minimum Gasteiger partial charge on any atom is -0.477 e. The summed E-state index contributed by atoms with van der Waals surface area (Å²) in [5.41, 5.74) is 0. The van der Waals surface area contributed by atoms with Gasteiger partial charge in [0.25, 0.3) is 10.0 Å². The van der Waals surface area contributed by atoms with Gasteiger partial charge in [0.1, 0.15) is 9.77 Å². The molecule has 102 valence electrons. The molecular weight excluding hydrogens is 290 g/mol. The topological polar surface area (TPSA) is 92.7 Å². The zero-order valence-electron chi connectivity index (χ0n) is 9.91. The van der Waals surface area contributed by atoms with Gasteiger partial charge in [-0.3, -0.25) is 4.84 Å². The third-order valence-electron chi connectivity index (χ3n) is 2.33. The van der Waals surface area contributed by atoms with Crippen molar-refractivity contribution in [3.8, 4) is 0 Å². The number of hydrogen-bond donors (Lipinski definition) is 2. The molecule has 19 heavy (non-hydrogen) atoms. The number of nitrogens with one attached hydrogen (secondary N) is 1. The summed E-state index contributed by atoms with van der Waals surface area (Å²) >= 11 is 0.918. The van der Waals surface area contributed by atoms with E-state index in [0.29, 0.717) is 10.1 Å². The summed E-state index contributed by atoms with van der Waals surface area (Å²) in [6.45, 7) is 1.76. The molecule has 0 bridgehead atoms. The molecule has 2 N–H and O–H groups in total. The van der Waals surface area contributed by atoms with E-state index in [4.69, 9.17) is 5.11 Å². The van der Waals surface area contributed by atoms with Crippen LogP contribution in [0.5, 0.6) is 0 Å². The van der Waals surface area contributed by atoms with Crippen molar-refractivity contribution >= 4 is 37.4 Å². The van der Waals surface area contributed by atoms with Crippen LogP contribution in [0.25, 0.3) is 10.1 Å². The van der Waals surface area contributed by atoms with Crippen LogP contribution in [0.3, 0.4) is 0 Å². The highest BCUT2D eigenvalue weighted by atomic mass is 32.2. The summed E-state index contributed by atoms with van der Waals surface area (Å²) in [6.07, 6.45) is 0. The maximum atomic E-state index is 12.1. The zero-order chi connectivity index (χ0) is 14.0. The van der Waals surface area contributed by atoms with E-state index in [1.807, 2.05) is 4.89 Å². The lowest BCUT2D eigenvalue weighted by atomic mass is 10.2. The van der Waals surface area contributed by atoms with E-state index in [0.717, 1.165) is 11.3 Å². The van der Waals surface area contributed by atoms with Crippen molar-refractivity contribution in [2.75, 3.05) is 6.61 Å². The minimum atomic E-state index is -4.02. The molecular formula is C11H11NO5S2. The van der Waals surface area contributed by atoms with Crippen LogP contribution >= 0.6 is 11.3 Å². The Hall–Kier alpha value is -1.48. The average Bonchev–Trinajstić information content (AvgIpc) is 2.76. The molecule has 1 aromatic carbocycles. The van der Waals surface area contributed by atoms with Gasteiger partial charge in [-0.25, -0.2) is 13.2 Å². The van der Waals surface area contributed by atoms with Crippen molar-refractivity contribution in [3.63, 3.8) is 0 Å². The predicted octanol–water partition coefficient (Wildman–Crippen LogP) is 1.83. The summed E-state index contributed by atoms with van der Waals surface area (Å²) in [5.74, 6) is -1.28. The number of fused-ring (bicyclic) bond motifs is 1. The van der Waals surface area contributed by atoms with Crippen molar-refractivity contribution < 1.29 is 23.2 Å². The highest BCUT2D eigenvalue weighted by Crippen LogP contribution is 2.34. The zero-order valence-corrected chi connectivity index (χ0v) is 11.5. The molecule has 0 aliphatic carbocycles. The second-order valence-electron chi connectivity index (χ2n) is 3.58. The SMILES string of the molecule is CCONS(=O)(=O)c1c(C(=O)O)sc2ccccc12. The van der Waals surface area contributed by atoms with Gasteiger partial charge < -0.3 is 5.11 Å². The Morgan fingerprint density at radius 1 is 1.42 bits per heavy atom. The second kappa shape index (κ2) is 5.25. The van der Waals surface area contributed by atoms with Gasteiger partial charge in [0.15, 0.2) is 0 Å². The second-order valence-corrected chi connectivity index (χ2v) is 6.22. The third kappa shape index (κ3) is 2.61. The maximum absolute atomic E-state index is 12.1. The Morgan fingerprint density at radius 3 is 2.74 bits per heavy atom. The first-order chi connectivity index (χ1) is 8.97. The number of hydrogen-bond acceptors (Lipinski definition) is 5. The van der Waals surface area contributed by atoms with Gasteiger partial charge in [-0.2, -0.15) is 0 Å². The molecule has 0 radical (unpaired) electrons. The molecule has 8 heteroatoms. The number of aromatic carboxylic acids is 1. The fourth-order valence-corrected chi connectivity index (χ4v) is 4.22. The quantitative estimate of drug-likeness (QED) is 0.822. The molecule has 2 aromatic rings. The lowest BCUT2D eigenvalue weighted by Crippen LogP contribution is -2.25. The van der Waals surface area contributed by atoms with Crippen LogP contribution in [-0.2, 0) is 14.9 Å². The van der Waals surface area contributed by atoms with Crippen LogP contribution in [-0.4, -0.2) is 26.1 Å². The first-order valence-electron chi connectivity index (χ1n) is 5.35. The van der Waals surface area contributed by atoms with Crippen LogP contribution in [0.15, 0.2) is 29.2 Å². The van der Waals surface area contributed by atoms with Gasteiger partial charge >= 0.3 is 5.97 Å². The molecule has 0 spiro atoms. The van der Waals surface area contributed by atoms with E-state index in [2.05, 4.69) is 4.84 Å². The molecule has 2 rings (SSSR count). The monoisotopic (exact) mass is 301 g/mol. The van der Waals surface area contributed by atoms with E-state index >= 15 is 0 Å². The summed E-state index contributed by atoms with van der Waals surface area (Å²) < 4.78 is 24.8. The first kappa shape index (κ1) is 13.9. The predicted molar refractivity (Wildman–Crippen MR) is 70.7 cm³/mol. The number of rotatable bonds is 5. The van der Waals surface area contributed by atoms with E-state index in [1.54, 1.807) is 31.2 Å². The number of carboxylic acid groups (broad SMARTS) is 1. The average molecular weight is 301 g/mol. The van der Waals surface area contributed by atoms with Crippen molar-refractivity contribution in [2.24, 2.45) is 0 Å². The highest BCUT2D eigenvalue weighted by Gasteiger charge is 2.28. The van der Waals surface area contributed by atoms with Crippen molar-refractivity contribution in [1.82, 2.24) is 4.89 Å². The lowest BCUT2D eigenvalue weighted by Gasteiger charge is -2.05. The molecule has 6 nitrogen and oxygen atoms in total. The third-order valence-corrected chi connectivity index (χ3v) is 4.91. The van der Waals surface area contributed by atoms with E-state index in [-0.39, 0.29) is 16.4 Å². The highest BCUT2D eigenvalue weighted by molar-refractivity contribution is 7.89. The molecule has 1 aromatic heterocycles. The Balaban J connectivity index is 2.69. The van der Waals surface area contributed by atoms with Crippen LogP contribution in [0.4, 0.5) is 0 Å². The van der Waals surface area contributed by atoms with E-state index in [1.165, 1.54) is 0 Å². The van der Waals surface area contributed by atoms with Gasteiger partial charge in [-0.05, 0) is 13.0 Å². The fourth-order valence-electron chi connectivity index (χ4n) is 1.61. The van der Waals surface area contributed by atoms with Crippen LogP contribution < -0.4 is 4.89 Å². The molecule has 0 atom stereocenters. The summed E-state index contributed by atoms with van der Waals surface area (Å²) in [6, 6.07) is 6.61. The molecule has 0 saturated carbocycles. The largest absolute Gasteiger partial charge is 0.477 e. The van der Waals surface area contributed by atoms with Crippen molar-refractivity contribution in [1.29, 1.82) is 0 Å².